The van der Waals surface area contributed by atoms with Crippen LogP contribution in [0.15, 0.2) is 53.6 Å². The molecule has 9 nitrogen and oxygen atoms in total. The van der Waals surface area contributed by atoms with Crippen molar-refractivity contribution in [3.05, 3.63) is 65.6 Å². The molecule has 1 unspecified atom stereocenters. The van der Waals surface area contributed by atoms with Gasteiger partial charge in [-0.1, -0.05) is 18.2 Å². The fraction of sp³-hybridized carbons (Fsp3) is 0.333. The summed E-state index contributed by atoms with van der Waals surface area (Å²) in [4.78, 5) is 27.6. The Morgan fingerprint density at radius 2 is 1.94 bits per heavy atom. The van der Waals surface area contributed by atoms with E-state index in [-0.39, 0.29) is 30.1 Å². The van der Waals surface area contributed by atoms with Gasteiger partial charge in [-0.05, 0) is 55.2 Å². The van der Waals surface area contributed by atoms with Gasteiger partial charge in [0.15, 0.2) is 0 Å². The topological polar surface area (TPSA) is 121 Å². The Balaban J connectivity index is 1.32. The van der Waals surface area contributed by atoms with E-state index < -0.39 is 33.9 Å². The highest BCUT2D eigenvalue weighted by molar-refractivity contribution is 7.89. The van der Waals surface area contributed by atoms with E-state index in [1.807, 2.05) is 30.5 Å². The number of carbonyl (C=O) groups excluding carboxylic acids is 2. The molecule has 1 fully saturated rings. The van der Waals surface area contributed by atoms with Crippen LogP contribution in [-0.2, 0) is 30.8 Å². The second-order valence-electron chi connectivity index (χ2n) is 8.28. The molecule has 0 saturated carbocycles. The molecule has 186 valence electrons. The number of hydrogen-bond acceptors (Lipinski definition) is 5. The van der Waals surface area contributed by atoms with Gasteiger partial charge in [-0.3, -0.25) is 9.59 Å². The molecule has 1 atom stereocenters. The zero-order chi connectivity index (χ0) is 25.0. The number of nitrogens with one attached hydrogen (secondary N) is 3. The number of sulfonamides is 1. The van der Waals surface area contributed by atoms with Gasteiger partial charge in [-0.2, -0.15) is 4.31 Å². The van der Waals surface area contributed by atoms with E-state index in [0.717, 1.165) is 26.8 Å². The molecule has 0 radical (unpaired) electrons. The summed E-state index contributed by atoms with van der Waals surface area (Å²) in [7, 11) is -3.99. The van der Waals surface area contributed by atoms with E-state index in [4.69, 9.17) is 4.74 Å². The number of para-hydroxylation sites is 1. The summed E-state index contributed by atoms with van der Waals surface area (Å²) in [6, 6.07) is 11.4. The molecular formula is C24H27FN4O5S. The predicted octanol–water partition coefficient (Wildman–Crippen LogP) is 1.83. The van der Waals surface area contributed by atoms with Gasteiger partial charge >= 0.3 is 11.8 Å². The van der Waals surface area contributed by atoms with Crippen LogP contribution in [0, 0.1) is 12.7 Å². The zero-order valence-electron chi connectivity index (χ0n) is 19.2. The average molecular weight is 503 g/mol. The van der Waals surface area contributed by atoms with Gasteiger partial charge in [0.1, 0.15) is 12.0 Å². The predicted molar refractivity (Wildman–Crippen MR) is 127 cm³/mol. The number of amides is 2. The average Bonchev–Trinajstić information content (AvgIpc) is 3.27. The highest BCUT2D eigenvalue weighted by atomic mass is 32.2. The van der Waals surface area contributed by atoms with E-state index in [1.165, 1.54) is 19.1 Å². The smallest absolute Gasteiger partial charge is 0.309 e. The number of aromatic nitrogens is 1. The summed E-state index contributed by atoms with van der Waals surface area (Å²) in [5.41, 5.74) is 2.22. The lowest BCUT2D eigenvalue weighted by atomic mass is 10.1. The second kappa shape index (κ2) is 10.5. The molecule has 2 heterocycles. The first-order chi connectivity index (χ1) is 16.8. The number of fused-ring (bicyclic) bond motifs is 1. The maximum atomic E-state index is 13.6. The molecule has 1 aromatic heterocycles. The third-order valence-corrected chi connectivity index (χ3v) is 7.77. The molecule has 11 heteroatoms. The van der Waals surface area contributed by atoms with Crippen molar-refractivity contribution in [3.63, 3.8) is 0 Å². The fourth-order valence-corrected chi connectivity index (χ4v) is 5.66. The molecule has 1 saturated heterocycles. The number of rotatable bonds is 7. The van der Waals surface area contributed by atoms with Gasteiger partial charge < -0.3 is 20.4 Å². The monoisotopic (exact) mass is 502 g/mol. The molecule has 3 N–H and O–H groups in total. The quantitative estimate of drug-likeness (QED) is 0.426. The van der Waals surface area contributed by atoms with Crippen molar-refractivity contribution in [3.8, 4) is 0 Å². The first-order valence-electron chi connectivity index (χ1n) is 11.3. The van der Waals surface area contributed by atoms with Gasteiger partial charge in [0, 0.05) is 30.2 Å². The molecule has 0 spiro atoms. The van der Waals surface area contributed by atoms with Crippen molar-refractivity contribution in [2.45, 2.75) is 30.9 Å². The van der Waals surface area contributed by atoms with Crippen LogP contribution in [0.2, 0.25) is 0 Å². The molecule has 2 aromatic carbocycles. The maximum absolute atomic E-state index is 13.6. The van der Waals surface area contributed by atoms with Gasteiger partial charge in [-0.25, -0.2) is 12.8 Å². The third kappa shape index (κ3) is 5.53. The molecule has 1 aliphatic heterocycles. The van der Waals surface area contributed by atoms with Gasteiger partial charge in [0.2, 0.25) is 10.0 Å². The standard InChI is InChI=1S/C24H27FN4O5S/c1-16-13-18(7-8-20(16)25)35(32,33)29-11-4-12-34-22(29)15-28-24(31)23(30)26-10-9-17-14-27-21-6-3-2-5-19(17)21/h2-3,5-8,13-14,22,27H,4,9-12,15H2,1H3,(H,26,30)(H,28,31). The van der Waals surface area contributed by atoms with Crippen LogP contribution in [0.5, 0.6) is 0 Å². The molecule has 0 bridgehead atoms. The number of aromatic amines is 1. The van der Waals surface area contributed by atoms with E-state index >= 15 is 0 Å². The van der Waals surface area contributed by atoms with Gasteiger partial charge in [0.05, 0.1) is 18.0 Å². The number of halogens is 1. The van der Waals surface area contributed by atoms with Crippen molar-refractivity contribution in [2.75, 3.05) is 26.2 Å². The van der Waals surface area contributed by atoms with Crippen LogP contribution >= 0.6 is 0 Å². The number of nitrogens with zero attached hydrogens (tertiary/aromatic N) is 1. The number of benzene rings is 2. The van der Waals surface area contributed by atoms with Crippen molar-refractivity contribution in [1.82, 2.24) is 19.9 Å². The highest BCUT2D eigenvalue weighted by Gasteiger charge is 2.35. The SMILES string of the molecule is Cc1cc(S(=O)(=O)N2CCCOC2CNC(=O)C(=O)NCCc2c[nH]c3ccccc23)ccc1F. The van der Waals surface area contributed by atoms with Crippen LogP contribution in [0.25, 0.3) is 10.9 Å². The normalized spacial score (nSPS) is 16.8. The molecule has 35 heavy (non-hydrogen) atoms. The lowest BCUT2D eigenvalue weighted by molar-refractivity contribution is -0.140. The second-order valence-corrected chi connectivity index (χ2v) is 10.2. The summed E-state index contributed by atoms with van der Waals surface area (Å²) < 4.78 is 46.5. The van der Waals surface area contributed by atoms with Crippen LogP contribution < -0.4 is 10.6 Å². The summed E-state index contributed by atoms with van der Waals surface area (Å²) in [5.74, 6) is -2.20. The van der Waals surface area contributed by atoms with Gasteiger partial charge in [0.25, 0.3) is 0 Å². The van der Waals surface area contributed by atoms with Crippen molar-refractivity contribution in [2.24, 2.45) is 0 Å². The number of ether oxygens (including phenoxy) is 1. The first kappa shape index (κ1) is 24.8. The fourth-order valence-electron chi connectivity index (χ4n) is 4.01. The zero-order valence-corrected chi connectivity index (χ0v) is 20.0. The highest BCUT2D eigenvalue weighted by Crippen LogP contribution is 2.23. The Bertz CT molecular complexity index is 1340. The molecule has 0 aliphatic carbocycles. The first-order valence-corrected chi connectivity index (χ1v) is 12.7. The maximum Gasteiger partial charge on any atom is 0.309 e. The molecule has 3 aromatic rings. The Hall–Kier alpha value is -3.28. The minimum atomic E-state index is -3.99. The third-order valence-electron chi connectivity index (χ3n) is 5.89. The number of aryl methyl sites for hydroxylation is 1. The number of hydrogen-bond donors (Lipinski definition) is 3. The van der Waals surface area contributed by atoms with Crippen LogP contribution in [0.1, 0.15) is 17.5 Å². The molecule has 4 rings (SSSR count). The van der Waals surface area contributed by atoms with Crippen molar-refractivity contribution >= 4 is 32.7 Å². The van der Waals surface area contributed by atoms with Crippen molar-refractivity contribution < 1.29 is 27.1 Å². The Morgan fingerprint density at radius 3 is 2.74 bits per heavy atom. The van der Waals surface area contributed by atoms with E-state index in [9.17, 15) is 22.4 Å². The molecule has 1 aliphatic rings. The van der Waals surface area contributed by atoms with E-state index in [0.29, 0.717) is 19.4 Å². The number of H-pyrrole nitrogens is 1. The lowest BCUT2D eigenvalue weighted by Gasteiger charge is -2.34. The summed E-state index contributed by atoms with van der Waals surface area (Å²) in [6.07, 6.45) is 1.90. The Kier molecular flexibility index (Phi) is 7.48. The summed E-state index contributed by atoms with van der Waals surface area (Å²) in [6.45, 7) is 2.03. The van der Waals surface area contributed by atoms with Crippen LogP contribution in [0.3, 0.4) is 0 Å². The van der Waals surface area contributed by atoms with Crippen molar-refractivity contribution in [1.29, 1.82) is 0 Å². The van der Waals surface area contributed by atoms with Crippen LogP contribution in [-0.4, -0.2) is 62.0 Å². The molecular weight excluding hydrogens is 475 g/mol. The minimum Gasteiger partial charge on any atom is -0.361 e. The van der Waals surface area contributed by atoms with Crippen LogP contribution in [0.4, 0.5) is 4.39 Å². The largest absolute Gasteiger partial charge is 0.361 e. The van der Waals surface area contributed by atoms with E-state index in [2.05, 4.69) is 15.6 Å². The lowest BCUT2D eigenvalue weighted by Crippen LogP contribution is -2.53. The number of carbonyl (C=O) groups is 2. The molecule has 2 amide bonds. The minimum absolute atomic E-state index is 0.0618. The van der Waals surface area contributed by atoms with E-state index in [1.54, 1.807) is 0 Å². The summed E-state index contributed by atoms with van der Waals surface area (Å²) >= 11 is 0. The Morgan fingerprint density at radius 1 is 1.17 bits per heavy atom. The van der Waals surface area contributed by atoms with Gasteiger partial charge in [-0.15, -0.1) is 0 Å². The Labute approximate surface area is 202 Å². The summed E-state index contributed by atoms with van der Waals surface area (Å²) in [5, 5.41) is 6.08.